The second-order valence-electron chi connectivity index (χ2n) is 5.93. The average molecular weight is 266 g/mol. The van der Waals surface area contributed by atoms with Crippen LogP contribution in [0.2, 0.25) is 0 Å². The number of fused-ring (bicyclic) bond motifs is 1. The molecule has 1 aliphatic carbocycles. The van der Waals surface area contributed by atoms with Crippen LogP contribution in [-0.4, -0.2) is 32.6 Å². The van der Waals surface area contributed by atoms with Gasteiger partial charge in [0.15, 0.2) is 0 Å². The van der Waals surface area contributed by atoms with Gasteiger partial charge in [0.2, 0.25) is 0 Å². The lowest BCUT2D eigenvalue weighted by atomic mass is 9.84. The Morgan fingerprint density at radius 3 is 2.21 bits per heavy atom. The Kier molecular flexibility index (Phi) is 3.16. The Bertz CT molecular complexity index is 530. The van der Waals surface area contributed by atoms with Crippen LogP contribution in [0.1, 0.15) is 41.7 Å². The zero-order chi connectivity index (χ0) is 14.6. The lowest BCUT2D eigenvalue weighted by molar-refractivity contribution is -0.123. The number of phenolic OH excluding ortho intramolecular Hbond substituents is 1. The summed E-state index contributed by atoms with van der Waals surface area (Å²) >= 11 is 0. The predicted molar refractivity (Wildman–Crippen MR) is 72.3 cm³/mol. The van der Waals surface area contributed by atoms with Gasteiger partial charge in [-0.2, -0.15) is 0 Å². The Morgan fingerprint density at radius 2 is 1.68 bits per heavy atom. The van der Waals surface area contributed by atoms with Crippen LogP contribution in [0.3, 0.4) is 0 Å². The van der Waals surface area contributed by atoms with E-state index in [1.165, 1.54) is 6.92 Å². The van der Waals surface area contributed by atoms with Crippen molar-refractivity contribution in [1.29, 1.82) is 0 Å². The van der Waals surface area contributed by atoms with Crippen LogP contribution in [0.4, 0.5) is 0 Å². The van der Waals surface area contributed by atoms with Crippen molar-refractivity contribution in [2.24, 2.45) is 0 Å². The molecule has 0 aliphatic heterocycles. The number of hydrogen-bond acceptors (Lipinski definition) is 4. The first-order valence-corrected chi connectivity index (χ1v) is 6.55. The second kappa shape index (κ2) is 4.20. The maximum absolute atomic E-state index is 10.6. The third-order valence-corrected chi connectivity index (χ3v) is 4.67. The van der Waals surface area contributed by atoms with Crippen molar-refractivity contribution in [2.75, 3.05) is 6.61 Å². The SMILES string of the molecule is Cc1c(O)c2c(c(C)c1CCO)C[C@](C)(O)[C@]2(C)O. The highest BCUT2D eigenvalue weighted by molar-refractivity contribution is 5.60. The summed E-state index contributed by atoms with van der Waals surface area (Å²) in [4.78, 5) is 0. The van der Waals surface area contributed by atoms with Crippen LogP contribution in [0, 0.1) is 13.8 Å². The Labute approximate surface area is 113 Å². The summed E-state index contributed by atoms with van der Waals surface area (Å²) in [6, 6.07) is 0. The van der Waals surface area contributed by atoms with E-state index in [0.717, 1.165) is 16.7 Å². The van der Waals surface area contributed by atoms with Crippen molar-refractivity contribution in [3.05, 3.63) is 27.8 Å². The molecule has 0 bridgehead atoms. The Morgan fingerprint density at radius 1 is 1.11 bits per heavy atom. The first-order chi connectivity index (χ1) is 8.65. The molecule has 2 atom stereocenters. The van der Waals surface area contributed by atoms with Crippen molar-refractivity contribution in [3.63, 3.8) is 0 Å². The first kappa shape index (κ1) is 14.3. The first-order valence-electron chi connectivity index (χ1n) is 6.55. The fraction of sp³-hybridized carbons (Fsp3) is 0.600. The van der Waals surface area contributed by atoms with Gasteiger partial charge in [-0.25, -0.2) is 0 Å². The van der Waals surface area contributed by atoms with Gasteiger partial charge < -0.3 is 20.4 Å². The van der Waals surface area contributed by atoms with Crippen LogP contribution < -0.4 is 0 Å². The largest absolute Gasteiger partial charge is 0.507 e. The smallest absolute Gasteiger partial charge is 0.125 e. The molecule has 1 aromatic rings. The lowest BCUT2D eigenvalue weighted by Gasteiger charge is -2.32. The van der Waals surface area contributed by atoms with Gasteiger partial charge in [0, 0.05) is 18.6 Å². The van der Waals surface area contributed by atoms with E-state index in [0.29, 0.717) is 24.0 Å². The molecule has 1 aromatic carbocycles. The highest BCUT2D eigenvalue weighted by Gasteiger charge is 2.52. The quantitative estimate of drug-likeness (QED) is 0.645. The van der Waals surface area contributed by atoms with Crippen molar-refractivity contribution in [3.8, 4) is 5.75 Å². The van der Waals surface area contributed by atoms with Crippen molar-refractivity contribution < 1.29 is 20.4 Å². The van der Waals surface area contributed by atoms with Gasteiger partial charge in [-0.05, 0) is 56.4 Å². The number of aromatic hydroxyl groups is 1. The summed E-state index contributed by atoms with van der Waals surface area (Å²) in [6.45, 7) is 6.80. The highest BCUT2D eigenvalue weighted by atomic mass is 16.4. The van der Waals surface area contributed by atoms with Gasteiger partial charge >= 0.3 is 0 Å². The lowest BCUT2D eigenvalue weighted by Crippen LogP contribution is -2.44. The number of rotatable bonds is 2. The van der Waals surface area contributed by atoms with E-state index in [4.69, 9.17) is 5.11 Å². The van der Waals surface area contributed by atoms with E-state index in [-0.39, 0.29) is 12.4 Å². The van der Waals surface area contributed by atoms with E-state index in [1.807, 2.05) is 6.92 Å². The molecular formula is C15H22O4. The summed E-state index contributed by atoms with van der Waals surface area (Å²) in [5.74, 6) is 0.0341. The number of phenols is 1. The molecule has 106 valence electrons. The molecule has 0 fully saturated rings. The summed E-state index contributed by atoms with van der Waals surface area (Å²) < 4.78 is 0. The summed E-state index contributed by atoms with van der Waals surface area (Å²) in [7, 11) is 0. The molecule has 0 radical (unpaired) electrons. The fourth-order valence-corrected chi connectivity index (χ4v) is 3.14. The molecule has 4 nitrogen and oxygen atoms in total. The molecule has 1 aliphatic rings. The molecule has 0 spiro atoms. The number of benzene rings is 1. The number of aliphatic hydroxyl groups is 3. The van der Waals surface area contributed by atoms with Crippen LogP contribution >= 0.6 is 0 Å². The maximum Gasteiger partial charge on any atom is 0.125 e. The van der Waals surface area contributed by atoms with Gasteiger partial charge in [-0.15, -0.1) is 0 Å². The monoisotopic (exact) mass is 266 g/mol. The minimum absolute atomic E-state index is 0.00664. The minimum atomic E-state index is -1.47. The number of hydrogen-bond donors (Lipinski definition) is 4. The summed E-state index contributed by atoms with van der Waals surface area (Å²) in [5, 5.41) is 40.5. The third-order valence-electron chi connectivity index (χ3n) is 4.67. The molecule has 0 heterocycles. The van der Waals surface area contributed by atoms with Gasteiger partial charge in [0.05, 0.1) is 5.60 Å². The van der Waals surface area contributed by atoms with Crippen molar-refractivity contribution in [1.82, 2.24) is 0 Å². The fourth-order valence-electron chi connectivity index (χ4n) is 3.14. The molecule has 2 rings (SSSR count). The van der Waals surface area contributed by atoms with Crippen LogP contribution in [-0.2, 0) is 18.4 Å². The van der Waals surface area contributed by atoms with Crippen LogP contribution in [0.15, 0.2) is 0 Å². The highest BCUT2D eigenvalue weighted by Crippen LogP contribution is 2.50. The van der Waals surface area contributed by atoms with Gasteiger partial charge in [0.1, 0.15) is 11.4 Å². The molecule has 4 heteroatoms. The normalized spacial score (nSPS) is 29.6. The molecule has 19 heavy (non-hydrogen) atoms. The van der Waals surface area contributed by atoms with E-state index in [1.54, 1.807) is 13.8 Å². The van der Waals surface area contributed by atoms with Gasteiger partial charge in [-0.1, -0.05) is 0 Å². The molecule has 0 aromatic heterocycles. The summed E-state index contributed by atoms with van der Waals surface area (Å²) in [6.07, 6.45) is 0.760. The molecule has 0 unspecified atom stereocenters. The Balaban J connectivity index is 2.77. The minimum Gasteiger partial charge on any atom is -0.507 e. The molecular weight excluding hydrogens is 244 g/mol. The van der Waals surface area contributed by atoms with Crippen LogP contribution in [0.25, 0.3) is 0 Å². The zero-order valence-corrected chi connectivity index (χ0v) is 11.9. The van der Waals surface area contributed by atoms with Crippen LogP contribution in [0.5, 0.6) is 5.75 Å². The van der Waals surface area contributed by atoms with E-state index >= 15 is 0 Å². The zero-order valence-electron chi connectivity index (χ0n) is 11.9. The van der Waals surface area contributed by atoms with E-state index in [2.05, 4.69) is 0 Å². The maximum atomic E-state index is 10.6. The molecule has 0 saturated heterocycles. The molecule has 0 amide bonds. The predicted octanol–water partition coefficient (Wildman–Crippen LogP) is 1.06. The standard InChI is InChI=1S/C15H22O4/c1-8-10(5-6-16)9(2)13(17)12-11(8)7-14(3,18)15(12,4)19/h16-19H,5-7H2,1-4H3/t14-,15+/m0/s1. The second-order valence-corrected chi connectivity index (χ2v) is 5.93. The molecule has 0 saturated carbocycles. The molecule has 4 N–H and O–H groups in total. The Hall–Kier alpha value is -1.10. The van der Waals surface area contributed by atoms with Crippen molar-refractivity contribution >= 4 is 0 Å². The number of aliphatic hydroxyl groups excluding tert-OH is 1. The van der Waals surface area contributed by atoms with Gasteiger partial charge in [-0.3, -0.25) is 0 Å². The third kappa shape index (κ3) is 1.78. The van der Waals surface area contributed by atoms with E-state index in [9.17, 15) is 15.3 Å². The topological polar surface area (TPSA) is 80.9 Å². The van der Waals surface area contributed by atoms with Crippen molar-refractivity contribution in [2.45, 2.75) is 51.7 Å². The summed E-state index contributed by atoms with van der Waals surface area (Å²) in [5.41, 5.74) is 0.949. The average Bonchev–Trinajstić information content (AvgIpc) is 2.49. The van der Waals surface area contributed by atoms with Gasteiger partial charge in [0.25, 0.3) is 0 Å². The van der Waals surface area contributed by atoms with E-state index < -0.39 is 11.2 Å².